The summed E-state index contributed by atoms with van der Waals surface area (Å²) >= 11 is 3.85. The summed E-state index contributed by atoms with van der Waals surface area (Å²) in [6.07, 6.45) is 2.04. The lowest BCUT2D eigenvalue weighted by molar-refractivity contribution is 1.26. The van der Waals surface area contributed by atoms with Gasteiger partial charge in [0.05, 0.1) is 0 Å². The standard InChI is InChI=1S/C22H15Br/c23-20-13-15-7-2-4-10-18(15)22(20)19-11-5-8-16-12-14-6-1-3-9-17(14)21(16)19/h1-11H,12-13H2. The van der Waals surface area contributed by atoms with Crippen molar-refractivity contribution in [2.75, 3.05) is 0 Å². The Bertz CT molecular complexity index is 979. The zero-order chi connectivity index (χ0) is 15.4. The van der Waals surface area contributed by atoms with E-state index in [2.05, 4.69) is 82.7 Å². The third-order valence-corrected chi connectivity index (χ3v) is 5.67. The second kappa shape index (κ2) is 4.94. The van der Waals surface area contributed by atoms with E-state index in [9.17, 15) is 0 Å². The topological polar surface area (TPSA) is 0 Å². The summed E-state index contributed by atoms with van der Waals surface area (Å²) in [6, 6.07) is 24.3. The normalized spacial score (nSPS) is 14.7. The molecule has 5 rings (SSSR count). The van der Waals surface area contributed by atoms with E-state index in [1.165, 1.54) is 49.0 Å². The van der Waals surface area contributed by atoms with Crippen LogP contribution >= 0.6 is 15.9 Å². The molecule has 1 heteroatoms. The van der Waals surface area contributed by atoms with Crippen molar-refractivity contribution >= 4 is 21.5 Å². The van der Waals surface area contributed by atoms with Crippen LogP contribution in [0.3, 0.4) is 0 Å². The van der Waals surface area contributed by atoms with Crippen molar-refractivity contribution in [2.45, 2.75) is 12.8 Å². The predicted octanol–water partition coefficient (Wildman–Crippen LogP) is 5.97. The van der Waals surface area contributed by atoms with Crippen LogP contribution in [0.15, 0.2) is 71.2 Å². The fraction of sp³-hybridized carbons (Fsp3) is 0.0909. The van der Waals surface area contributed by atoms with E-state index in [1.54, 1.807) is 0 Å². The molecule has 0 saturated carbocycles. The molecule has 3 aromatic carbocycles. The molecule has 3 aromatic rings. The number of hydrogen-bond acceptors (Lipinski definition) is 0. The first-order chi connectivity index (χ1) is 11.3. The van der Waals surface area contributed by atoms with Crippen molar-refractivity contribution in [2.24, 2.45) is 0 Å². The van der Waals surface area contributed by atoms with Crippen molar-refractivity contribution in [1.82, 2.24) is 0 Å². The van der Waals surface area contributed by atoms with Gasteiger partial charge in [0.25, 0.3) is 0 Å². The first kappa shape index (κ1) is 13.3. The lowest BCUT2D eigenvalue weighted by Gasteiger charge is -2.13. The average Bonchev–Trinajstić information content (AvgIpc) is 3.11. The molecule has 2 aliphatic carbocycles. The Morgan fingerprint density at radius 2 is 1.17 bits per heavy atom. The van der Waals surface area contributed by atoms with Gasteiger partial charge in [0.15, 0.2) is 0 Å². The number of hydrogen-bond donors (Lipinski definition) is 0. The highest BCUT2D eigenvalue weighted by Gasteiger charge is 2.27. The first-order valence-electron chi connectivity index (χ1n) is 8.00. The Morgan fingerprint density at radius 3 is 2.00 bits per heavy atom. The van der Waals surface area contributed by atoms with Crippen molar-refractivity contribution in [3.63, 3.8) is 0 Å². The summed E-state index contributed by atoms with van der Waals surface area (Å²) in [6.45, 7) is 0. The van der Waals surface area contributed by atoms with Crippen LogP contribution in [0, 0.1) is 0 Å². The van der Waals surface area contributed by atoms with Gasteiger partial charge in [0.2, 0.25) is 0 Å². The van der Waals surface area contributed by atoms with E-state index in [0.29, 0.717) is 0 Å². The van der Waals surface area contributed by atoms with Crippen LogP contribution in [0.5, 0.6) is 0 Å². The summed E-state index contributed by atoms with van der Waals surface area (Å²) in [5.74, 6) is 0. The quantitative estimate of drug-likeness (QED) is 0.393. The molecule has 2 aliphatic rings. The monoisotopic (exact) mass is 358 g/mol. The molecular weight excluding hydrogens is 344 g/mol. The summed E-state index contributed by atoms with van der Waals surface area (Å²) in [5, 5.41) is 0. The Labute approximate surface area is 144 Å². The van der Waals surface area contributed by atoms with Gasteiger partial charge in [-0.05, 0) is 45.4 Å². The number of halogens is 1. The molecule has 0 saturated heterocycles. The van der Waals surface area contributed by atoms with Gasteiger partial charge in [0, 0.05) is 16.5 Å². The molecule has 0 aliphatic heterocycles. The van der Waals surface area contributed by atoms with Crippen LogP contribution in [0.4, 0.5) is 0 Å². The molecule has 0 radical (unpaired) electrons. The molecule has 0 heterocycles. The highest BCUT2D eigenvalue weighted by atomic mass is 79.9. The fourth-order valence-corrected chi connectivity index (χ4v) is 4.74. The molecule has 0 bridgehead atoms. The zero-order valence-electron chi connectivity index (χ0n) is 12.6. The molecule has 110 valence electrons. The Kier molecular flexibility index (Phi) is 2.86. The molecule has 23 heavy (non-hydrogen) atoms. The summed E-state index contributed by atoms with van der Waals surface area (Å²) in [4.78, 5) is 0. The van der Waals surface area contributed by atoms with E-state index in [0.717, 1.165) is 12.8 Å². The lowest BCUT2D eigenvalue weighted by atomic mass is 9.91. The Hall–Kier alpha value is -2.12. The van der Waals surface area contributed by atoms with Gasteiger partial charge >= 0.3 is 0 Å². The number of allylic oxidation sites excluding steroid dienone is 1. The molecule has 0 fully saturated rings. The number of fused-ring (bicyclic) bond motifs is 4. The van der Waals surface area contributed by atoms with Gasteiger partial charge in [-0.25, -0.2) is 0 Å². The second-order valence-electron chi connectivity index (χ2n) is 6.29. The fourth-order valence-electron chi connectivity index (χ4n) is 4.01. The first-order valence-corrected chi connectivity index (χ1v) is 8.79. The van der Waals surface area contributed by atoms with Gasteiger partial charge < -0.3 is 0 Å². The van der Waals surface area contributed by atoms with Crippen molar-refractivity contribution in [3.05, 3.63) is 99.0 Å². The minimum Gasteiger partial charge on any atom is -0.0619 e. The van der Waals surface area contributed by atoms with Crippen LogP contribution in [-0.2, 0) is 12.8 Å². The third-order valence-electron chi connectivity index (χ3n) is 4.99. The molecule has 0 nitrogen and oxygen atoms in total. The van der Waals surface area contributed by atoms with Gasteiger partial charge in [0.1, 0.15) is 0 Å². The SMILES string of the molecule is BrC1=C(c2cccc3c2-c2ccccc2C3)c2ccccc2C1. The minimum absolute atomic E-state index is 0.997. The Balaban J connectivity index is 1.80. The highest BCUT2D eigenvalue weighted by molar-refractivity contribution is 9.11. The van der Waals surface area contributed by atoms with Gasteiger partial charge in [-0.2, -0.15) is 0 Å². The minimum atomic E-state index is 0.997. The molecule has 0 spiro atoms. The van der Waals surface area contributed by atoms with Gasteiger partial charge in [-0.1, -0.05) is 82.7 Å². The predicted molar refractivity (Wildman–Crippen MR) is 99.8 cm³/mol. The lowest BCUT2D eigenvalue weighted by Crippen LogP contribution is -1.92. The zero-order valence-corrected chi connectivity index (χ0v) is 14.2. The maximum absolute atomic E-state index is 3.85. The van der Waals surface area contributed by atoms with Crippen LogP contribution in [-0.4, -0.2) is 0 Å². The van der Waals surface area contributed by atoms with Crippen molar-refractivity contribution in [3.8, 4) is 11.1 Å². The van der Waals surface area contributed by atoms with Crippen LogP contribution in [0.2, 0.25) is 0 Å². The molecular formula is C22H15Br. The summed E-state index contributed by atoms with van der Waals surface area (Å²) in [7, 11) is 0. The smallest absolute Gasteiger partial charge is 0.00794 e. The molecule has 0 aromatic heterocycles. The van der Waals surface area contributed by atoms with E-state index >= 15 is 0 Å². The molecule has 0 amide bonds. The maximum atomic E-state index is 3.85. The second-order valence-corrected chi connectivity index (χ2v) is 7.24. The van der Waals surface area contributed by atoms with E-state index in [-0.39, 0.29) is 0 Å². The van der Waals surface area contributed by atoms with E-state index < -0.39 is 0 Å². The average molecular weight is 359 g/mol. The molecule has 0 unspecified atom stereocenters. The summed E-state index contributed by atoms with van der Waals surface area (Å²) in [5.41, 5.74) is 11.2. The van der Waals surface area contributed by atoms with Gasteiger partial charge in [-0.3, -0.25) is 0 Å². The highest BCUT2D eigenvalue weighted by Crippen LogP contribution is 2.47. The largest absolute Gasteiger partial charge is 0.0619 e. The molecule has 0 N–H and O–H groups in total. The Morgan fingerprint density at radius 1 is 0.565 bits per heavy atom. The van der Waals surface area contributed by atoms with E-state index in [1.807, 2.05) is 0 Å². The molecule has 0 atom stereocenters. The van der Waals surface area contributed by atoms with E-state index in [4.69, 9.17) is 0 Å². The number of rotatable bonds is 1. The van der Waals surface area contributed by atoms with Crippen LogP contribution < -0.4 is 0 Å². The van der Waals surface area contributed by atoms with Gasteiger partial charge in [-0.15, -0.1) is 0 Å². The van der Waals surface area contributed by atoms with Crippen LogP contribution in [0.1, 0.15) is 27.8 Å². The number of benzene rings is 3. The maximum Gasteiger partial charge on any atom is 0.00794 e. The summed E-state index contributed by atoms with van der Waals surface area (Å²) < 4.78 is 1.30. The van der Waals surface area contributed by atoms with Crippen molar-refractivity contribution in [1.29, 1.82) is 0 Å². The van der Waals surface area contributed by atoms with Crippen molar-refractivity contribution < 1.29 is 0 Å². The van der Waals surface area contributed by atoms with Crippen LogP contribution in [0.25, 0.3) is 16.7 Å². The third kappa shape index (κ3) is 1.90.